The number of anilines is 2. The largest absolute Gasteiger partial charge is 0.384 e. The van der Waals surface area contributed by atoms with Gasteiger partial charge in [0.2, 0.25) is 5.91 Å². The van der Waals surface area contributed by atoms with Gasteiger partial charge in [0.05, 0.1) is 22.6 Å². The number of rotatable bonds is 5. The predicted octanol–water partition coefficient (Wildman–Crippen LogP) is 2.39. The summed E-state index contributed by atoms with van der Waals surface area (Å²) in [5.41, 5.74) is 7.20. The van der Waals surface area contributed by atoms with Crippen LogP contribution in [-0.2, 0) is 11.2 Å². The Morgan fingerprint density at radius 3 is 2.95 bits per heavy atom. The smallest absolute Gasteiger partial charge is 0.224 e. The molecular formula is C13H16N4OS. The van der Waals surface area contributed by atoms with E-state index in [1.165, 1.54) is 0 Å². The highest BCUT2D eigenvalue weighted by atomic mass is 32.1. The number of aryl methyl sites for hydroxylation is 2. The molecule has 2 aromatic rings. The quantitative estimate of drug-likeness (QED) is 0.878. The van der Waals surface area contributed by atoms with Crippen LogP contribution >= 0.6 is 11.3 Å². The summed E-state index contributed by atoms with van der Waals surface area (Å²) in [4.78, 5) is 20.0. The molecule has 2 aromatic heterocycles. The molecule has 0 aromatic carbocycles. The van der Waals surface area contributed by atoms with E-state index in [2.05, 4.69) is 15.3 Å². The fourth-order valence-electron chi connectivity index (χ4n) is 1.66. The van der Waals surface area contributed by atoms with Crippen LogP contribution in [0.1, 0.15) is 23.5 Å². The lowest BCUT2D eigenvalue weighted by Crippen LogP contribution is -2.11. The zero-order valence-corrected chi connectivity index (χ0v) is 11.5. The minimum atomic E-state index is -0.0153. The molecule has 0 atom stereocenters. The Morgan fingerprint density at radius 2 is 2.32 bits per heavy atom. The highest BCUT2D eigenvalue weighted by Gasteiger charge is 2.04. The molecule has 0 unspecified atom stereocenters. The fraction of sp³-hybridized carbons (Fsp3) is 0.308. The first-order valence-electron chi connectivity index (χ1n) is 6.06. The second kappa shape index (κ2) is 6.29. The molecule has 0 aliphatic heterocycles. The Balaban J connectivity index is 1.74. The first-order chi connectivity index (χ1) is 9.13. The molecular weight excluding hydrogens is 260 g/mol. The molecule has 0 fully saturated rings. The molecule has 6 heteroatoms. The predicted molar refractivity (Wildman–Crippen MR) is 77.1 cm³/mol. The van der Waals surface area contributed by atoms with Crippen molar-refractivity contribution in [3.8, 4) is 0 Å². The van der Waals surface area contributed by atoms with E-state index in [-0.39, 0.29) is 5.91 Å². The van der Waals surface area contributed by atoms with Crippen LogP contribution in [0.25, 0.3) is 0 Å². The van der Waals surface area contributed by atoms with Crippen molar-refractivity contribution in [2.75, 3.05) is 11.1 Å². The maximum atomic E-state index is 11.7. The number of amides is 1. The Morgan fingerprint density at radius 1 is 1.47 bits per heavy atom. The molecule has 3 N–H and O–H groups in total. The Kier molecular flexibility index (Phi) is 4.46. The maximum absolute atomic E-state index is 11.7. The number of hydrogen-bond acceptors (Lipinski definition) is 5. The van der Waals surface area contributed by atoms with Crippen LogP contribution in [0.2, 0.25) is 0 Å². The Bertz CT molecular complexity index is 550. The molecule has 0 aliphatic carbocycles. The molecule has 19 heavy (non-hydrogen) atoms. The zero-order chi connectivity index (χ0) is 13.7. The number of nitrogens with two attached hydrogens (primary N) is 1. The third-order valence-electron chi connectivity index (χ3n) is 2.57. The van der Waals surface area contributed by atoms with Gasteiger partial charge < -0.3 is 11.1 Å². The molecule has 0 radical (unpaired) electrons. The number of aromatic nitrogens is 2. The molecule has 0 saturated carbocycles. The summed E-state index contributed by atoms with van der Waals surface area (Å²) >= 11 is 1.64. The number of carbonyl (C=O) groups excluding carboxylic acids is 1. The fourth-order valence-corrected chi connectivity index (χ4v) is 2.30. The van der Waals surface area contributed by atoms with Crippen LogP contribution in [0, 0.1) is 6.92 Å². The highest BCUT2D eigenvalue weighted by Crippen LogP contribution is 2.12. The minimum absolute atomic E-state index is 0.0153. The van der Waals surface area contributed by atoms with E-state index in [1.807, 2.05) is 12.3 Å². The van der Waals surface area contributed by atoms with Crippen molar-refractivity contribution in [3.63, 3.8) is 0 Å². The van der Waals surface area contributed by atoms with Gasteiger partial charge in [-0.15, -0.1) is 11.3 Å². The summed E-state index contributed by atoms with van der Waals surface area (Å²) in [6.07, 6.45) is 3.65. The standard InChI is InChI=1S/C13H16N4OS/c1-9-16-11(8-19-9)3-2-4-13(18)17-10-5-6-12(14)15-7-10/h5-8H,2-4H2,1H3,(H2,14,15)(H,17,18). The second-order valence-electron chi connectivity index (χ2n) is 4.23. The van der Waals surface area contributed by atoms with Gasteiger partial charge in [-0.2, -0.15) is 0 Å². The van der Waals surface area contributed by atoms with E-state index in [1.54, 1.807) is 29.7 Å². The van der Waals surface area contributed by atoms with Crippen molar-refractivity contribution in [2.24, 2.45) is 0 Å². The molecule has 2 rings (SSSR count). The summed E-state index contributed by atoms with van der Waals surface area (Å²) in [7, 11) is 0. The molecule has 0 bridgehead atoms. The summed E-state index contributed by atoms with van der Waals surface area (Å²) in [5, 5.41) is 5.89. The summed E-state index contributed by atoms with van der Waals surface area (Å²) in [6.45, 7) is 1.98. The number of nitrogens with zero attached hydrogens (tertiary/aromatic N) is 2. The molecule has 2 heterocycles. The number of carbonyl (C=O) groups is 1. The Labute approximate surface area is 115 Å². The van der Waals surface area contributed by atoms with Gasteiger partial charge in [0.1, 0.15) is 5.82 Å². The van der Waals surface area contributed by atoms with Crippen LogP contribution in [0.4, 0.5) is 11.5 Å². The van der Waals surface area contributed by atoms with Crippen molar-refractivity contribution >= 4 is 28.7 Å². The van der Waals surface area contributed by atoms with Gasteiger partial charge in [0.25, 0.3) is 0 Å². The van der Waals surface area contributed by atoms with Crippen molar-refractivity contribution in [3.05, 3.63) is 34.4 Å². The monoisotopic (exact) mass is 276 g/mol. The highest BCUT2D eigenvalue weighted by molar-refractivity contribution is 7.09. The van der Waals surface area contributed by atoms with E-state index < -0.39 is 0 Å². The van der Waals surface area contributed by atoms with E-state index >= 15 is 0 Å². The molecule has 1 amide bonds. The van der Waals surface area contributed by atoms with Gasteiger partial charge >= 0.3 is 0 Å². The average molecular weight is 276 g/mol. The number of hydrogen-bond donors (Lipinski definition) is 2. The lowest BCUT2D eigenvalue weighted by Gasteiger charge is -2.04. The average Bonchev–Trinajstić information content (AvgIpc) is 2.78. The van der Waals surface area contributed by atoms with E-state index in [0.29, 0.717) is 17.9 Å². The number of nitrogens with one attached hydrogen (secondary N) is 1. The number of pyridine rings is 1. The number of nitrogen functional groups attached to an aromatic ring is 1. The van der Waals surface area contributed by atoms with E-state index in [9.17, 15) is 4.79 Å². The van der Waals surface area contributed by atoms with Gasteiger partial charge in [-0.1, -0.05) is 0 Å². The van der Waals surface area contributed by atoms with Crippen LogP contribution in [0.15, 0.2) is 23.7 Å². The van der Waals surface area contributed by atoms with Crippen molar-refractivity contribution < 1.29 is 4.79 Å². The summed E-state index contributed by atoms with van der Waals surface area (Å²) < 4.78 is 0. The van der Waals surface area contributed by atoms with E-state index in [4.69, 9.17) is 5.73 Å². The molecule has 0 saturated heterocycles. The SMILES string of the molecule is Cc1nc(CCCC(=O)Nc2ccc(N)nc2)cs1. The first-order valence-corrected chi connectivity index (χ1v) is 6.94. The van der Waals surface area contributed by atoms with Gasteiger partial charge in [-0.3, -0.25) is 4.79 Å². The third-order valence-corrected chi connectivity index (χ3v) is 3.40. The Hall–Kier alpha value is -1.95. The zero-order valence-electron chi connectivity index (χ0n) is 10.7. The minimum Gasteiger partial charge on any atom is -0.384 e. The topological polar surface area (TPSA) is 80.9 Å². The maximum Gasteiger partial charge on any atom is 0.224 e. The normalized spacial score (nSPS) is 10.4. The molecule has 100 valence electrons. The molecule has 0 spiro atoms. The summed E-state index contributed by atoms with van der Waals surface area (Å²) in [6, 6.07) is 3.40. The third kappa shape index (κ3) is 4.33. The van der Waals surface area contributed by atoms with Gasteiger partial charge in [-0.25, -0.2) is 9.97 Å². The van der Waals surface area contributed by atoms with Gasteiger partial charge in [-0.05, 0) is 31.9 Å². The molecule has 5 nitrogen and oxygen atoms in total. The van der Waals surface area contributed by atoms with Gasteiger partial charge in [0, 0.05) is 11.8 Å². The van der Waals surface area contributed by atoms with Crippen molar-refractivity contribution in [1.29, 1.82) is 0 Å². The lowest BCUT2D eigenvalue weighted by atomic mass is 10.2. The second-order valence-corrected chi connectivity index (χ2v) is 5.29. The van der Waals surface area contributed by atoms with Crippen LogP contribution in [0.3, 0.4) is 0 Å². The van der Waals surface area contributed by atoms with Gasteiger partial charge in [0.15, 0.2) is 0 Å². The van der Waals surface area contributed by atoms with E-state index in [0.717, 1.165) is 23.5 Å². The number of thiazole rings is 1. The molecule has 0 aliphatic rings. The van der Waals surface area contributed by atoms with Crippen LogP contribution < -0.4 is 11.1 Å². The van der Waals surface area contributed by atoms with Crippen molar-refractivity contribution in [1.82, 2.24) is 9.97 Å². The lowest BCUT2D eigenvalue weighted by molar-refractivity contribution is -0.116. The van der Waals surface area contributed by atoms with Crippen LogP contribution in [-0.4, -0.2) is 15.9 Å². The van der Waals surface area contributed by atoms with Crippen LogP contribution in [0.5, 0.6) is 0 Å². The first kappa shape index (κ1) is 13.5. The van der Waals surface area contributed by atoms with Crippen molar-refractivity contribution in [2.45, 2.75) is 26.2 Å². The summed E-state index contributed by atoms with van der Waals surface area (Å²) in [5.74, 6) is 0.426.